The van der Waals surface area contributed by atoms with Gasteiger partial charge >= 0.3 is 6.09 Å². The number of oxime groups is 1. The number of nitro benzene ring substituents is 1. The Balaban J connectivity index is 1.55. The van der Waals surface area contributed by atoms with Gasteiger partial charge < -0.3 is 43.8 Å². The van der Waals surface area contributed by atoms with E-state index >= 15 is 0 Å². The van der Waals surface area contributed by atoms with Gasteiger partial charge in [0, 0.05) is 54.7 Å². The summed E-state index contributed by atoms with van der Waals surface area (Å²) in [5.74, 6) is -0.533. The van der Waals surface area contributed by atoms with E-state index in [1.165, 1.54) is 29.2 Å². The molecule has 2 aliphatic carbocycles. The molecule has 0 aromatic heterocycles. The Labute approximate surface area is 372 Å². The lowest BCUT2D eigenvalue weighted by Crippen LogP contribution is -2.70. The second-order valence-corrected chi connectivity index (χ2v) is 16.5. The summed E-state index contributed by atoms with van der Waals surface area (Å²) in [4.78, 5) is 34.0. The van der Waals surface area contributed by atoms with Gasteiger partial charge in [-0.25, -0.2) is 4.79 Å². The first-order valence-electron chi connectivity index (χ1n) is 21.7. The standard InChI is InChI=1S/C47H59N3O12S/c1-4-26-58-47-43(49(22-27-57-28-25-53)46(54)61-35-14-12-33(13-15-35)50(55)56)31-41(48-59-5-2)39-29-32(10-6-8-23-51)38(11-7-9-24-52)44(45(39)47)40-30-36(18-21-42(40)62-47)60-34-16-19-37(63-3)20-17-34/h4,12-21,29-30,32,38,43-45,51-53H,1,5-11,22-28,31H2,2-3H3. The first-order chi connectivity index (χ1) is 30.7. The van der Waals surface area contributed by atoms with E-state index in [-0.39, 0.29) is 88.4 Å². The van der Waals surface area contributed by atoms with Crippen molar-refractivity contribution >= 4 is 29.3 Å². The molecule has 1 saturated carbocycles. The molecule has 3 aromatic carbocycles. The molecule has 3 aliphatic rings. The van der Waals surface area contributed by atoms with Crippen molar-refractivity contribution in [3.63, 3.8) is 0 Å². The number of thioether (sulfide) groups is 1. The van der Waals surface area contributed by atoms with Crippen LogP contribution >= 0.6 is 11.8 Å². The molecule has 3 N–H and O–H groups in total. The normalized spacial score (nSPS) is 22.8. The van der Waals surface area contributed by atoms with E-state index in [9.17, 15) is 30.2 Å². The molecule has 6 rings (SSSR count). The smallest absolute Gasteiger partial charge is 0.415 e. The Morgan fingerprint density at radius 2 is 1.70 bits per heavy atom. The molecule has 6 unspecified atom stereocenters. The van der Waals surface area contributed by atoms with Crippen LogP contribution in [0.1, 0.15) is 63.4 Å². The van der Waals surface area contributed by atoms with E-state index in [1.807, 2.05) is 55.6 Å². The lowest BCUT2D eigenvalue weighted by atomic mass is 9.55. The third kappa shape index (κ3) is 11.2. The molecule has 1 aliphatic heterocycles. The molecule has 6 atom stereocenters. The van der Waals surface area contributed by atoms with Gasteiger partial charge in [0.25, 0.3) is 5.69 Å². The summed E-state index contributed by atoms with van der Waals surface area (Å²) in [6, 6.07) is 18.0. The first-order valence-corrected chi connectivity index (χ1v) is 22.9. The number of allylic oxidation sites excluding steroid dienone is 1. The van der Waals surface area contributed by atoms with E-state index in [2.05, 4.69) is 12.7 Å². The lowest BCUT2D eigenvalue weighted by molar-refractivity contribution is -0.384. The van der Waals surface area contributed by atoms with Gasteiger partial charge in [-0.2, -0.15) is 0 Å². The van der Waals surface area contributed by atoms with E-state index in [0.717, 1.165) is 41.7 Å². The maximum Gasteiger partial charge on any atom is 0.415 e. The Morgan fingerprint density at radius 1 is 0.984 bits per heavy atom. The molecule has 1 fully saturated rings. The quantitative estimate of drug-likeness (QED) is 0.0256. The zero-order chi connectivity index (χ0) is 44.8. The van der Waals surface area contributed by atoms with E-state index in [4.69, 9.17) is 33.7 Å². The number of fused-ring (bicyclic) bond motifs is 2. The number of unbranched alkanes of at least 4 members (excludes halogenated alkanes) is 2. The largest absolute Gasteiger partial charge is 0.459 e. The Morgan fingerprint density at radius 3 is 2.37 bits per heavy atom. The van der Waals surface area contributed by atoms with Crippen LogP contribution in [0.2, 0.25) is 0 Å². The number of aliphatic hydroxyl groups is 3. The zero-order valence-electron chi connectivity index (χ0n) is 36.0. The van der Waals surface area contributed by atoms with Crippen molar-refractivity contribution in [3.05, 3.63) is 107 Å². The van der Waals surface area contributed by atoms with Gasteiger partial charge in [-0.3, -0.25) is 15.0 Å². The van der Waals surface area contributed by atoms with Crippen LogP contribution in [0.3, 0.4) is 0 Å². The highest BCUT2D eigenvalue weighted by molar-refractivity contribution is 7.98. The van der Waals surface area contributed by atoms with E-state index < -0.39 is 28.8 Å². The minimum atomic E-state index is -1.57. The van der Waals surface area contributed by atoms with Crippen LogP contribution in [0.25, 0.3) is 0 Å². The number of carbonyl (C=O) groups is 1. The summed E-state index contributed by atoms with van der Waals surface area (Å²) in [5.41, 5.74) is 2.21. The second kappa shape index (κ2) is 23.1. The minimum Gasteiger partial charge on any atom is -0.459 e. The molecule has 1 amide bonds. The first kappa shape index (κ1) is 47.5. The molecular weight excluding hydrogens is 831 g/mol. The number of benzene rings is 3. The molecule has 1 heterocycles. The van der Waals surface area contributed by atoms with Crippen LogP contribution in [-0.4, -0.2) is 108 Å². The number of nitro groups is 1. The highest BCUT2D eigenvalue weighted by Crippen LogP contribution is 2.62. The number of aliphatic hydroxyl groups excluding tert-OH is 3. The fourth-order valence-corrected chi connectivity index (χ4v) is 9.54. The summed E-state index contributed by atoms with van der Waals surface area (Å²) >= 11 is 1.64. The summed E-state index contributed by atoms with van der Waals surface area (Å²) in [6.45, 7) is 6.10. The molecule has 0 spiro atoms. The fourth-order valence-electron chi connectivity index (χ4n) is 9.13. The maximum absolute atomic E-state index is 14.7. The third-order valence-corrected chi connectivity index (χ3v) is 12.6. The molecule has 340 valence electrons. The fraction of sp³-hybridized carbons (Fsp3) is 0.489. The van der Waals surface area contributed by atoms with Crippen LogP contribution in [0.5, 0.6) is 23.0 Å². The number of nitrogens with zero attached hydrogens (tertiary/aromatic N) is 3. The number of ether oxygens (including phenoxy) is 5. The van der Waals surface area contributed by atoms with Crippen molar-refractivity contribution in [2.75, 3.05) is 59.0 Å². The molecular formula is C47H59N3O12S. The molecule has 16 heteroatoms. The van der Waals surface area contributed by atoms with Gasteiger partial charge in [0.2, 0.25) is 5.79 Å². The number of carbonyl (C=O) groups excluding carboxylic acids is 1. The number of hydrogen-bond donors (Lipinski definition) is 3. The second-order valence-electron chi connectivity index (χ2n) is 15.6. The van der Waals surface area contributed by atoms with Gasteiger partial charge in [0.15, 0.2) is 0 Å². The van der Waals surface area contributed by atoms with Gasteiger partial charge in [-0.05, 0) is 111 Å². The van der Waals surface area contributed by atoms with Crippen molar-refractivity contribution in [1.29, 1.82) is 0 Å². The molecule has 0 saturated heterocycles. The predicted molar refractivity (Wildman–Crippen MR) is 239 cm³/mol. The zero-order valence-corrected chi connectivity index (χ0v) is 36.8. The van der Waals surface area contributed by atoms with E-state index in [1.54, 1.807) is 17.8 Å². The summed E-state index contributed by atoms with van der Waals surface area (Å²) in [7, 11) is 0. The number of hydrogen-bond acceptors (Lipinski definition) is 14. The topological polar surface area (TPSA) is 192 Å². The van der Waals surface area contributed by atoms with Crippen molar-refractivity contribution < 1.29 is 53.6 Å². The van der Waals surface area contributed by atoms with Crippen molar-refractivity contribution in [1.82, 2.24) is 4.90 Å². The van der Waals surface area contributed by atoms with Crippen molar-refractivity contribution in [2.24, 2.45) is 22.9 Å². The molecule has 15 nitrogen and oxygen atoms in total. The summed E-state index contributed by atoms with van der Waals surface area (Å²) < 4.78 is 32.5. The maximum atomic E-state index is 14.7. The highest BCUT2D eigenvalue weighted by Gasteiger charge is 2.65. The minimum absolute atomic E-state index is 0.0178. The van der Waals surface area contributed by atoms with Gasteiger partial charge in [-0.1, -0.05) is 30.1 Å². The van der Waals surface area contributed by atoms with Crippen LogP contribution in [0, 0.1) is 27.9 Å². The Bertz CT molecular complexity index is 2050. The Hall–Kier alpha value is -4.97. The lowest BCUT2D eigenvalue weighted by Gasteiger charge is -2.59. The van der Waals surface area contributed by atoms with Crippen LogP contribution in [0.4, 0.5) is 10.5 Å². The van der Waals surface area contributed by atoms with Gasteiger partial charge in [0.05, 0.1) is 43.0 Å². The van der Waals surface area contributed by atoms with Gasteiger partial charge in [0.1, 0.15) is 35.6 Å². The SMILES string of the molecule is C=CCOC12Oc3ccc(Oc4ccc(SC)cc4)cc3C3C(CCCCO)C(CCCCO)C=C(C(=NOCC)CC1N(CCOCCO)C(=O)Oc1ccc([N+](=O)[O-])cc1)C32. The molecule has 3 aromatic rings. The molecule has 0 radical (unpaired) electrons. The number of amides is 1. The van der Waals surface area contributed by atoms with Crippen LogP contribution in [-0.2, 0) is 14.3 Å². The predicted octanol–water partition coefficient (Wildman–Crippen LogP) is 8.27. The van der Waals surface area contributed by atoms with Crippen LogP contribution in [0.15, 0.2) is 101 Å². The van der Waals surface area contributed by atoms with Crippen LogP contribution < -0.4 is 14.2 Å². The van der Waals surface area contributed by atoms with E-state index in [0.29, 0.717) is 35.8 Å². The molecule has 0 bridgehead atoms. The third-order valence-electron chi connectivity index (χ3n) is 11.8. The summed E-state index contributed by atoms with van der Waals surface area (Å²) in [5, 5.41) is 45.5. The number of non-ortho nitro benzene ring substituents is 1. The average Bonchev–Trinajstić information content (AvgIpc) is 3.29. The average molecular weight is 890 g/mol. The summed E-state index contributed by atoms with van der Waals surface area (Å²) in [6.07, 6.45) is 9.56. The molecule has 63 heavy (non-hydrogen) atoms. The van der Waals surface area contributed by atoms with Crippen molar-refractivity contribution in [2.45, 2.75) is 74.5 Å². The monoisotopic (exact) mass is 889 g/mol. The Kier molecular flexibility index (Phi) is 17.4. The van der Waals surface area contributed by atoms with Gasteiger partial charge in [-0.15, -0.1) is 18.3 Å². The number of rotatable bonds is 24. The highest BCUT2D eigenvalue weighted by atomic mass is 32.2. The van der Waals surface area contributed by atoms with Crippen molar-refractivity contribution in [3.8, 4) is 23.0 Å².